The van der Waals surface area contributed by atoms with Crippen LogP contribution >= 0.6 is 0 Å². The number of nitrogens with zero attached hydrogens (tertiary/aromatic N) is 3. The van der Waals surface area contributed by atoms with Gasteiger partial charge in [0.15, 0.2) is 0 Å². The first-order valence-corrected chi connectivity index (χ1v) is 10.9. The van der Waals surface area contributed by atoms with E-state index in [4.69, 9.17) is 10.8 Å². The van der Waals surface area contributed by atoms with Crippen molar-refractivity contribution in [2.24, 2.45) is 5.73 Å². The summed E-state index contributed by atoms with van der Waals surface area (Å²) in [6.45, 7) is 4.70. The first-order chi connectivity index (χ1) is 15.4. The zero-order valence-corrected chi connectivity index (χ0v) is 18.5. The van der Waals surface area contributed by atoms with Crippen LogP contribution in [0.15, 0.2) is 60.8 Å². The van der Waals surface area contributed by atoms with E-state index >= 15 is 0 Å². The Morgan fingerprint density at radius 3 is 2.56 bits per heavy atom. The van der Waals surface area contributed by atoms with Crippen molar-refractivity contribution in [1.82, 2.24) is 14.7 Å². The summed E-state index contributed by atoms with van der Waals surface area (Å²) in [7, 11) is 0. The summed E-state index contributed by atoms with van der Waals surface area (Å²) < 4.78 is 1.82. The van der Waals surface area contributed by atoms with Gasteiger partial charge in [0.1, 0.15) is 6.04 Å². The van der Waals surface area contributed by atoms with E-state index in [0.29, 0.717) is 13.0 Å². The normalized spacial score (nSPS) is 16.4. The number of amides is 2. The van der Waals surface area contributed by atoms with Crippen LogP contribution in [0.4, 0.5) is 0 Å². The lowest BCUT2D eigenvalue weighted by Gasteiger charge is -2.32. The van der Waals surface area contributed by atoms with Crippen molar-refractivity contribution in [3.05, 3.63) is 77.5 Å². The van der Waals surface area contributed by atoms with Gasteiger partial charge in [-0.15, -0.1) is 0 Å². The van der Waals surface area contributed by atoms with Crippen molar-refractivity contribution in [1.29, 1.82) is 0 Å². The molecule has 0 spiro atoms. The minimum atomic E-state index is -0.535. The SMILES string of the molecule is Cc1ccc(-c2nn(-c3ccccc3)cc2C=CC(=O)N2CCCCC2C(N)=O)cc1C. The molecular formula is C26H28N4O2. The number of primary amides is 1. The quantitative estimate of drug-likeness (QED) is 0.623. The second-order valence-corrected chi connectivity index (χ2v) is 8.29. The van der Waals surface area contributed by atoms with Gasteiger partial charge in [0.25, 0.3) is 0 Å². The molecule has 2 amide bonds. The van der Waals surface area contributed by atoms with Crippen molar-refractivity contribution in [3.8, 4) is 16.9 Å². The number of benzene rings is 2. The molecule has 0 radical (unpaired) electrons. The van der Waals surface area contributed by atoms with Crippen molar-refractivity contribution in [2.75, 3.05) is 6.54 Å². The number of carbonyl (C=O) groups is 2. The summed E-state index contributed by atoms with van der Waals surface area (Å²) in [6, 6.07) is 15.6. The molecule has 2 aromatic carbocycles. The Labute approximate surface area is 188 Å². The van der Waals surface area contributed by atoms with E-state index in [0.717, 1.165) is 35.3 Å². The Morgan fingerprint density at radius 1 is 1.06 bits per heavy atom. The monoisotopic (exact) mass is 428 g/mol. The smallest absolute Gasteiger partial charge is 0.247 e. The van der Waals surface area contributed by atoms with Gasteiger partial charge in [-0.2, -0.15) is 5.10 Å². The van der Waals surface area contributed by atoms with Gasteiger partial charge in [0.05, 0.1) is 11.4 Å². The number of nitrogens with two attached hydrogens (primary N) is 1. The third-order valence-corrected chi connectivity index (χ3v) is 6.06. The predicted octanol–water partition coefficient (Wildman–Crippen LogP) is 4.04. The molecule has 1 aromatic heterocycles. The molecule has 32 heavy (non-hydrogen) atoms. The lowest BCUT2D eigenvalue weighted by atomic mass is 10.0. The maximum absolute atomic E-state index is 12.9. The van der Waals surface area contributed by atoms with E-state index in [1.54, 1.807) is 11.0 Å². The lowest BCUT2D eigenvalue weighted by Crippen LogP contribution is -2.49. The van der Waals surface area contributed by atoms with E-state index in [1.807, 2.05) is 47.3 Å². The molecule has 2 N–H and O–H groups in total. The highest BCUT2D eigenvalue weighted by Gasteiger charge is 2.29. The highest BCUT2D eigenvalue weighted by molar-refractivity contribution is 5.96. The summed E-state index contributed by atoms with van der Waals surface area (Å²) >= 11 is 0. The summed E-state index contributed by atoms with van der Waals surface area (Å²) in [5.41, 5.74) is 11.5. The van der Waals surface area contributed by atoms with E-state index in [2.05, 4.69) is 26.0 Å². The van der Waals surface area contributed by atoms with Crippen LogP contribution < -0.4 is 5.73 Å². The molecule has 164 valence electrons. The number of piperidine rings is 1. The number of aromatic nitrogens is 2. The lowest BCUT2D eigenvalue weighted by molar-refractivity contribution is -0.137. The second kappa shape index (κ2) is 9.22. The number of hydrogen-bond acceptors (Lipinski definition) is 3. The molecule has 1 aliphatic heterocycles. The van der Waals surface area contributed by atoms with Gasteiger partial charge in [0.2, 0.25) is 11.8 Å². The van der Waals surface area contributed by atoms with Crippen LogP contribution in [0, 0.1) is 13.8 Å². The van der Waals surface area contributed by atoms with Gasteiger partial charge >= 0.3 is 0 Å². The molecule has 4 rings (SSSR count). The molecule has 1 atom stereocenters. The minimum Gasteiger partial charge on any atom is -0.368 e. The van der Waals surface area contributed by atoms with E-state index in [1.165, 1.54) is 17.2 Å². The van der Waals surface area contributed by atoms with Crippen LogP contribution in [-0.2, 0) is 9.59 Å². The zero-order chi connectivity index (χ0) is 22.7. The van der Waals surface area contributed by atoms with Gasteiger partial charge in [-0.1, -0.05) is 30.3 Å². The number of aryl methyl sites for hydroxylation is 2. The summed E-state index contributed by atoms with van der Waals surface area (Å²) in [6.07, 6.45) is 7.63. The fraction of sp³-hybridized carbons (Fsp3) is 0.269. The van der Waals surface area contributed by atoms with Crippen molar-refractivity contribution in [3.63, 3.8) is 0 Å². The van der Waals surface area contributed by atoms with Gasteiger partial charge in [0, 0.05) is 29.9 Å². The molecule has 2 heterocycles. The first kappa shape index (κ1) is 21.6. The highest BCUT2D eigenvalue weighted by atomic mass is 16.2. The topological polar surface area (TPSA) is 81.2 Å². The fourth-order valence-electron chi connectivity index (χ4n) is 4.08. The fourth-order valence-corrected chi connectivity index (χ4v) is 4.08. The molecule has 0 bridgehead atoms. The maximum atomic E-state index is 12.9. The Hall–Kier alpha value is -3.67. The molecule has 0 aliphatic carbocycles. The van der Waals surface area contributed by atoms with Gasteiger partial charge in [-0.25, -0.2) is 4.68 Å². The van der Waals surface area contributed by atoms with E-state index in [-0.39, 0.29) is 5.91 Å². The van der Waals surface area contributed by atoms with Crippen LogP contribution in [0.5, 0.6) is 0 Å². The van der Waals surface area contributed by atoms with Gasteiger partial charge < -0.3 is 10.6 Å². The number of hydrogen-bond donors (Lipinski definition) is 1. The Bertz CT molecular complexity index is 1160. The van der Waals surface area contributed by atoms with Crippen LogP contribution in [0.25, 0.3) is 23.0 Å². The highest BCUT2D eigenvalue weighted by Crippen LogP contribution is 2.27. The molecule has 1 fully saturated rings. The molecular weight excluding hydrogens is 400 g/mol. The molecule has 0 saturated carbocycles. The summed E-state index contributed by atoms with van der Waals surface area (Å²) in [5.74, 6) is -0.647. The number of rotatable bonds is 5. The zero-order valence-electron chi connectivity index (χ0n) is 18.5. The van der Waals surface area contributed by atoms with Crippen LogP contribution in [0.2, 0.25) is 0 Å². The van der Waals surface area contributed by atoms with Crippen LogP contribution in [0.3, 0.4) is 0 Å². The Morgan fingerprint density at radius 2 is 1.84 bits per heavy atom. The van der Waals surface area contributed by atoms with Crippen molar-refractivity contribution in [2.45, 2.75) is 39.2 Å². The van der Waals surface area contributed by atoms with Crippen LogP contribution in [-0.4, -0.2) is 39.1 Å². The maximum Gasteiger partial charge on any atom is 0.247 e. The average Bonchev–Trinajstić information content (AvgIpc) is 3.24. The molecule has 3 aromatic rings. The first-order valence-electron chi connectivity index (χ1n) is 10.9. The molecule has 1 saturated heterocycles. The number of carbonyl (C=O) groups excluding carboxylic acids is 2. The van der Waals surface area contributed by atoms with E-state index in [9.17, 15) is 9.59 Å². The largest absolute Gasteiger partial charge is 0.368 e. The average molecular weight is 429 g/mol. The standard InChI is InChI=1S/C26H28N4O2/c1-18-11-12-20(16-19(18)2)25-21(17-30(28-25)22-8-4-3-5-9-22)13-14-24(31)29-15-7-6-10-23(29)26(27)32/h3-5,8-9,11-14,16-17,23H,6-7,10,15H2,1-2H3,(H2,27,32). The number of likely N-dealkylation sites (tertiary alicyclic amines) is 1. The third kappa shape index (κ3) is 4.49. The van der Waals surface area contributed by atoms with Gasteiger partial charge in [-0.05, 0) is 68.5 Å². The summed E-state index contributed by atoms with van der Waals surface area (Å²) in [4.78, 5) is 26.3. The minimum absolute atomic E-state index is 0.202. The third-order valence-electron chi connectivity index (χ3n) is 6.06. The second-order valence-electron chi connectivity index (χ2n) is 8.29. The molecule has 6 heteroatoms. The van der Waals surface area contributed by atoms with Crippen molar-refractivity contribution >= 4 is 17.9 Å². The molecule has 1 unspecified atom stereocenters. The number of para-hydroxylation sites is 1. The summed E-state index contributed by atoms with van der Waals surface area (Å²) in [5, 5.41) is 4.82. The van der Waals surface area contributed by atoms with Gasteiger partial charge in [-0.3, -0.25) is 9.59 Å². The van der Waals surface area contributed by atoms with Crippen molar-refractivity contribution < 1.29 is 9.59 Å². The Balaban J connectivity index is 1.70. The molecule has 6 nitrogen and oxygen atoms in total. The van der Waals surface area contributed by atoms with E-state index < -0.39 is 11.9 Å². The molecule has 1 aliphatic rings. The van der Waals surface area contributed by atoms with Crippen LogP contribution in [0.1, 0.15) is 36.0 Å². The Kier molecular flexibility index (Phi) is 6.21. The predicted molar refractivity (Wildman–Crippen MR) is 126 cm³/mol.